The zero-order chi connectivity index (χ0) is 11.1. The van der Waals surface area contributed by atoms with Crippen LogP contribution in [0.2, 0.25) is 0 Å². The van der Waals surface area contributed by atoms with Gasteiger partial charge in [0.2, 0.25) is 0 Å². The molecule has 0 atom stereocenters. The van der Waals surface area contributed by atoms with Crippen molar-refractivity contribution in [3.63, 3.8) is 0 Å². The first-order valence-corrected chi connectivity index (χ1v) is 5.02. The van der Waals surface area contributed by atoms with Gasteiger partial charge in [0, 0.05) is 13.1 Å². The molecule has 1 fully saturated rings. The lowest BCUT2D eigenvalue weighted by Gasteiger charge is -2.26. The van der Waals surface area contributed by atoms with Gasteiger partial charge in [-0.3, -0.25) is 10.2 Å². The van der Waals surface area contributed by atoms with E-state index in [-0.39, 0.29) is 12.5 Å². The highest BCUT2D eigenvalue weighted by molar-refractivity contribution is 5.77. The quantitative estimate of drug-likeness (QED) is 0.654. The monoisotopic (exact) mass is 216 g/mol. The van der Waals surface area contributed by atoms with Crippen molar-refractivity contribution < 1.29 is 19.4 Å². The summed E-state index contributed by atoms with van der Waals surface area (Å²) in [5, 5.41) is 10.1. The normalized spacial score (nSPS) is 17.3. The van der Waals surface area contributed by atoms with Crippen molar-refractivity contribution in [2.45, 2.75) is 19.3 Å². The number of hydrogen-bond acceptors (Lipinski definition) is 4. The van der Waals surface area contributed by atoms with Crippen molar-refractivity contribution >= 4 is 11.9 Å². The first kappa shape index (κ1) is 11.9. The number of nitrogens with zero attached hydrogens (tertiary/aromatic N) is 1. The molecule has 6 nitrogen and oxygen atoms in total. The molecule has 1 rings (SSSR count). The van der Waals surface area contributed by atoms with Gasteiger partial charge >= 0.3 is 5.97 Å². The number of piperidine rings is 1. The first-order valence-electron chi connectivity index (χ1n) is 5.02. The Morgan fingerprint density at radius 3 is 2.47 bits per heavy atom. The van der Waals surface area contributed by atoms with Crippen LogP contribution in [0, 0.1) is 0 Å². The standard InChI is InChI=1S/C9H16N2O4/c12-8(6-15-7-9(13)14)10-11-4-2-1-3-5-11/h1-7H2,(H,10,12)(H,13,14). The number of ether oxygens (including phenoxy) is 1. The summed E-state index contributed by atoms with van der Waals surface area (Å²) in [4.78, 5) is 21.3. The van der Waals surface area contributed by atoms with E-state index < -0.39 is 12.6 Å². The summed E-state index contributed by atoms with van der Waals surface area (Å²) in [6, 6.07) is 0. The Morgan fingerprint density at radius 1 is 1.20 bits per heavy atom. The third-order valence-corrected chi connectivity index (χ3v) is 2.10. The van der Waals surface area contributed by atoms with Crippen LogP contribution in [-0.2, 0) is 14.3 Å². The molecule has 6 heteroatoms. The van der Waals surface area contributed by atoms with Crippen molar-refractivity contribution in [3.8, 4) is 0 Å². The maximum Gasteiger partial charge on any atom is 0.329 e. The van der Waals surface area contributed by atoms with Crippen molar-refractivity contribution in [2.24, 2.45) is 0 Å². The van der Waals surface area contributed by atoms with Gasteiger partial charge in [-0.05, 0) is 12.8 Å². The topological polar surface area (TPSA) is 78.9 Å². The molecule has 1 amide bonds. The van der Waals surface area contributed by atoms with Crippen LogP contribution in [-0.4, -0.2) is 48.3 Å². The van der Waals surface area contributed by atoms with Gasteiger partial charge in [-0.2, -0.15) is 0 Å². The van der Waals surface area contributed by atoms with E-state index in [2.05, 4.69) is 10.2 Å². The molecule has 0 aromatic rings. The largest absolute Gasteiger partial charge is 0.480 e. The maximum absolute atomic E-state index is 11.2. The molecule has 0 saturated carbocycles. The number of carbonyl (C=O) groups excluding carboxylic acids is 1. The van der Waals surface area contributed by atoms with Crippen molar-refractivity contribution in [1.29, 1.82) is 0 Å². The maximum atomic E-state index is 11.2. The molecule has 0 bridgehead atoms. The van der Waals surface area contributed by atoms with E-state index >= 15 is 0 Å². The number of nitrogens with one attached hydrogen (secondary N) is 1. The van der Waals surface area contributed by atoms with Crippen molar-refractivity contribution in [2.75, 3.05) is 26.3 Å². The van der Waals surface area contributed by atoms with Gasteiger partial charge in [-0.1, -0.05) is 6.42 Å². The van der Waals surface area contributed by atoms with Gasteiger partial charge < -0.3 is 9.84 Å². The molecular formula is C9H16N2O4. The van der Waals surface area contributed by atoms with Crippen LogP contribution in [0.1, 0.15) is 19.3 Å². The fraction of sp³-hybridized carbons (Fsp3) is 0.778. The van der Waals surface area contributed by atoms with Crippen LogP contribution in [0.15, 0.2) is 0 Å². The smallest absolute Gasteiger partial charge is 0.329 e. The number of hydrazine groups is 1. The molecule has 0 aliphatic carbocycles. The fourth-order valence-corrected chi connectivity index (χ4v) is 1.45. The van der Waals surface area contributed by atoms with Gasteiger partial charge in [0.05, 0.1) is 0 Å². The molecular weight excluding hydrogens is 200 g/mol. The number of carbonyl (C=O) groups is 2. The average molecular weight is 216 g/mol. The lowest BCUT2D eigenvalue weighted by atomic mass is 10.2. The number of carboxylic acid groups (broad SMARTS) is 1. The highest BCUT2D eigenvalue weighted by atomic mass is 16.5. The molecule has 0 radical (unpaired) electrons. The predicted octanol–water partition coefficient (Wildman–Crippen LogP) is -0.395. The van der Waals surface area contributed by atoms with Gasteiger partial charge in [-0.25, -0.2) is 9.80 Å². The van der Waals surface area contributed by atoms with Crippen LogP contribution >= 0.6 is 0 Å². The van der Waals surface area contributed by atoms with E-state index in [1.807, 2.05) is 5.01 Å². The number of amides is 1. The number of hydrogen-bond donors (Lipinski definition) is 2. The van der Waals surface area contributed by atoms with E-state index in [4.69, 9.17) is 5.11 Å². The second-order valence-corrected chi connectivity index (χ2v) is 3.47. The molecule has 0 aromatic carbocycles. The predicted molar refractivity (Wildman–Crippen MR) is 52.0 cm³/mol. The van der Waals surface area contributed by atoms with Crippen LogP contribution < -0.4 is 5.43 Å². The zero-order valence-electron chi connectivity index (χ0n) is 8.57. The molecule has 0 unspecified atom stereocenters. The molecule has 86 valence electrons. The van der Waals surface area contributed by atoms with Crippen LogP contribution in [0.4, 0.5) is 0 Å². The van der Waals surface area contributed by atoms with E-state index in [1.165, 1.54) is 6.42 Å². The first-order chi connectivity index (χ1) is 7.18. The number of rotatable bonds is 5. The van der Waals surface area contributed by atoms with Gasteiger partial charge in [0.15, 0.2) is 0 Å². The Hall–Kier alpha value is -1.14. The van der Waals surface area contributed by atoms with Gasteiger partial charge in [0.25, 0.3) is 5.91 Å². The molecule has 2 N–H and O–H groups in total. The summed E-state index contributed by atoms with van der Waals surface area (Å²) < 4.78 is 4.66. The number of aliphatic carboxylic acids is 1. The summed E-state index contributed by atoms with van der Waals surface area (Å²) in [6.07, 6.45) is 3.36. The van der Waals surface area contributed by atoms with Gasteiger partial charge in [-0.15, -0.1) is 0 Å². The lowest BCUT2D eigenvalue weighted by molar-refractivity contribution is -0.144. The van der Waals surface area contributed by atoms with Crippen LogP contribution in [0.25, 0.3) is 0 Å². The van der Waals surface area contributed by atoms with Gasteiger partial charge in [0.1, 0.15) is 13.2 Å². The van der Waals surface area contributed by atoms with E-state index in [0.717, 1.165) is 25.9 Å². The third kappa shape index (κ3) is 5.34. The Bertz CT molecular complexity index is 226. The van der Waals surface area contributed by atoms with E-state index in [0.29, 0.717) is 0 Å². The molecule has 1 saturated heterocycles. The Labute approximate surface area is 88.2 Å². The Balaban J connectivity index is 2.09. The Morgan fingerprint density at radius 2 is 1.87 bits per heavy atom. The number of carboxylic acids is 1. The minimum Gasteiger partial charge on any atom is -0.480 e. The summed E-state index contributed by atoms with van der Waals surface area (Å²) in [5.74, 6) is -1.36. The van der Waals surface area contributed by atoms with E-state index in [1.54, 1.807) is 0 Å². The fourth-order valence-electron chi connectivity index (χ4n) is 1.45. The zero-order valence-corrected chi connectivity index (χ0v) is 8.57. The molecule has 0 spiro atoms. The highest BCUT2D eigenvalue weighted by Gasteiger charge is 2.12. The summed E-state index contributed by atoms with van der Waals surface area (Å²) in [5.41, 5.74) is 2.67. The van der Waals surface area contributed by atoms with Crippen LogP contribution in [0.3, 0.4) is 0 Å². The molecule has 1 aliphatic rings. The summed E-state index contributed by atoms with van der Waals surface area (Å²) >= 11 is 0. The lowest BCUT2D eigenvalue weighted by Crippen LogP contribution is -2.46. The van der Waals surface area contributed by atoms with Crippen molar-refractivity contribution in [3.05, 3.63) is 0 Å². The second-order valence-electron chi connectivity index (χ2n) is 3.47. The second kappa shape index (κ2) is 6.36. The van der Waals surface area contributed by atoms with Crippen LogP contribution in [0.5, 0.6) is 0 Å². The minimum absolute atomic E-state index is 0.206. The highest BCUT2D eigenvalue weighted by Crippen LogP contribution is 2.05. The van der Waals surface area contributed by atoms with Crippen molar-refractivity contribution in [1.82, 2.24) is 10.4 Å². The molecule has 15 heavy (non-hydrogen) atoms. The summed E-state index contributed by atoms with van der Waals surface area (Å²) in [7, 11) is 0. The van der Waals surface area contributed by atoms with E-state index in [9.17, 15) is 9.59 Å². The average Bonchev–Trinajstić information content (AvgIpc) is 2.18. The Kier molecular flexibility index (Phi) is 5.06. The minimum atomic E-state index is -1.07. The third-order valence-electron chi connectivity index (χ3n) is 2.10. The SMILES string of the molecule is O=C(O)COCC(=O)NN1CCCCC1. The molecule has 1 heterocycles. The molecule has 0 aromatic heterocycles. The summed E-state index contributed by atoms with van der Waals surface area (Å²) in [6.45, 7) is 1.06. The molecule has 1 aliphatic heterocycles.